The van der Waals surface area contributed by atoms with Crippen molar-refractivity contribution in [1.82, 2.24) is 0 Å². The minimum Gasteiger partial charge on any atom is -0.0616 e. The molecule has 0 atom stereocenters. The fourth-order valence-corrected chi connectivity index (χ4v) is 2.47. The van der Waals surface area contributed by atoms with Crippen molar-refractivity contribution in [2.75, 3.05) is 0 Å². The molecule has 0 unspecified atom stereocenters. The maximum Gasteiger partial charge on any atom is -0.0148 e. The van der Waals surface area contributed by atoms with Gasteiger partial charge in [0.1, 0.15) is 0 Å². The number of rotatable bonds is 1. The molecule has 0 aromatic heterocycles. The lowest BCUT2D eigenvalue weighted by Gasteiger charge is -2.10. The minimum absolute atomic E-state index is 1.30. The quantitative estimate of drug-likeness (QED) is 0.546. The second-order valence-electron chi connectivity index (χ2n) is 4.83. The summed E-state index contributed by atoms with van der Waals surface area (Å²) < 4.78 is 0. The van der Waals surface area contributed by atoms with Crippen LogP contribution in [0.5, 0.6) is 0 Å². The summed E-state index contributed by atoms with van der Waals surface area (Å²) in [5.41, 5.74) is 5.28. The van der Waals surface area contributed by atoms with E-state index in [1.54, 1.807) is 0 Å². The average molecular weight is 232 g/mol. The number of hydrogen-bond donors (Lipinski definition) is 0. The van der Waals surface area contributed by atoms with Crippen LogP contribution in [0.3, 0.4) is 0 Å². The molecule has 0 N–H and O–H groups in total. The van der Waals surface area contributed by atoms with Crippen LogP contribution in [0.15, 0.2) is 60.7 Å². The summed E-state index contributed by atoms with van der Waals surface area (Å²) in [5, 5.41) is 2.65. The molecule has 18 heavy (non-hydrogen) atoms. The molecule has 88 valence electrons. The first-order valence-electron chi connectivity index (χ1n) is 6.31. The maximum absolute atomic E-state index is 2.22. The van der Waals surface area contributed by atoms with E-state index < -0.39 is 0 Å². The van der Waals surface area contributed by atoms with Gasteiger partial charge in [-0.25, -0.2) is 0 Å². The molecule has 3 rings (SSSR count). The molecule has 0 radical (unpaired) electrons. The predicted molar refractivity (Wildman–Crippen MR) is 78.9 cm³/mol. The predicted octanol–water partition coefficient (Wildman–Crippen LogP) is 5.12. The van der Waals surface area contributed by atoms with E-state index in [0.717, 1.165) is 0 Å². The van der Waals surface area contributed by atoms with Gasteiger partial charge in [-0.05, 0) is 41.3 Å². The molecule has 3 aromatic carbocycles. The Morgan fingerprint density at radius 1 is 0.667 bits per heavy atom. The van der Waals surface area contributed by atoms with Gasteiger partial charge in [-0.3, -0.25) is 0 Å². The van der Waals surface area contributed by atoms with E-state index in [1.165, 1.54) is 33.0 Å². The Morgan fingerprint density at radius 2 is 1.39 bits per heavy atom. The molecule has 0 amide bonds. The second-order valence-corrected chi connectivity index (χ2v) is 4.83. The van der Waals surface area contributed by atoms with Crippen molar-refractivity contribution in [2.24, 2.45) is 0 Å². The third-order valence-corrected chi connectivity index (χ3v) is 3.56. The van der Waals surface area contributed by atoms with Crippen LogP contribution in [0, 0.1) is 13.8 Å². The molecule has 0 saturated carbocycles. The van der Waals surface area contributed by atoms with Crippen LogP contribution in [-0.4, -0.2) is 0 Å². The van der Waals surface area contributed by atoms with Crippen molar-refractivity contribution in [3.05, 3.63) is 71.8 Å². The third-order valence-electron chi connectivity index (χ3n) is 3.56. The topological polar surface area (TPSA) is 0 Å². The molecule has 0 aliphatic carbocycles. The summed E-state index contributed by atoms with van der Waals surface area (Å²) in [6, 6.07) is 21.7. The Hall–Kier alpha value is -2.08. The Kier molecular flexibility index (Phi) is 2.64. The van der Waals surface area contributed by atoms with Crippen molar-refractivity contribution in [3.63, 3.8) is 0 Å². The Bertz CT molecular complexity index is 691. The SMILES string of the molecule is Cc1ccc(-c2ccc3ccccc3c2C)cc1. The molecule has 0 bridgehead atoms. The highest BCUT2D eigenvalue weighted by Gasteiger charge is 2.04. The van der Waals surface area contributed by atoms with E-state index in [9.17, 15) is 0 Å². The fraction of sp³-hybridized carbons (Fsp3) is 0.111. The standard InChI is InChI=1S/C18H16/c1-13-7-9-16(10-8-13)18-12-11-15-5-3-4-6-17(15)14(18)2/h3-12H,1-2H3. The van der Waals surface area contributed by atoms with E-state index in [-0.39, 0.29) is 0 Å². The molecule has 0 heterocycles. The first kappa shape index (κ1) is 11.0. The molecular formula is C18H16. The zero-order valence-electron chi connectivity index (χ0n) is 10.8. The van der Waals surface area contributed by atoms with Crippen LogP contribution in [0.4, 0.5) is 0 Å². The highest BCUT2D eigenvalue weighted by molar-refractivity contribution is 5.91. The Morgan fingerprint density at radius 3 is 2.17 bits per heavy atom. The summed E-state index contributed by atoms with van der Waals surface area (Å²) in [6.07, 6.45) is 0. The summed E-state index contributed by atoms with van der Waals surface area (Å²) in [4.78, 5) is 0. The molecule has 0 fully saturated rings. The minimum atomic E-state index is 1.30. The number of hydrogen-bond acceptors (Lipinski definition) is 0. The molecule has 0 saturated heterocycles. The van der Waals surface area contributed by atoms with Crippen molar-refractivity contribution in [3.8, 4) is 11.1 Å². The summed E-state index contributed by atoms with van der Waals surface area (Å²) in [6.45, 7) is 4.33. The molecule has 0 aliphatic rings. The molecule has 0 nitrogen and oxygen atoms in total. The molecule has 0 spiro atoms. The first-order valence-corrected chi connectivity index (χ1v) is 6.31. The number of aryl methyl sites for hydroxylation is 2. The highest BCUT2D eigenvalue weighted by atomic mass is 14.1. The summed E-state index contributed by atoms with van der Waals surface area (Å²) in [7, 11) is 0. The van der Waals surface area contributed by atoms with Crippen LogP contribution in [0.2, 0.25) is 0 Å². The zero-order valence-corrected chi connectivity index (χ0v) is 10.8. The normalized spacial score (nSPS) is 10.8. The summed E-state index contributed by atoms with van der Waals surface area (Å²) in [5.74, 6) is 0. The van der Waals surface area contributed by atoms with Crippen molar-refractivity contribution in [1.29, 1.82) is 0 Å². The van der Waals surface area contributed by atoms with E-state index in [2.05, 4.69) is 74.5 Å². The van der Waals surface area contributed by atoms with Gasteiger partial charge in [0.2, 0.25) is 0 Å². The van der Waals surface area contributed by atoms with E-state index >= 15 is 0 Å². The van der Waals surface area contributed by atoms with Crippen molar-refractivity contribution in [2.45, 2.75) is 13.8 Å². The molecule has 0 heteroatoms. The Balaban J connectivity index is 2.24. The van der Waals surface area contributed by atoms with Gasteiger partial charge in [0, 0.05) is 0 Å². The second kappa shape index (κ2) is 4.30. The Labute approximate surface area is 108 Å². The molecular weight excluding hydrogens is 216 g/mol. The molecule has 0 aliphatic heterocycles. The lowest BCUT2D eigenvalue weighted by Crippen LogP contribution is -1.85. The zero-order chi connectivity index (χ0) is 12.5. The van der Waals surface area contributed by atoms with Gasteiger partial charge in [0.05, 0.1) is 0 Å². The van der Waals surface area contributed by atoms with Gasteiger partial charge in [0.15, 0.2) is 0 Å². The maximum atomic E-state index is 2.22. The van der Waals surface area contributed by atoms with Gasteiger partial charge >= 0.3 is 0 Å². The summed E-state index contributed by atoms with van der Waals surface area (Å²) >= 11 is 0. The van der Waals surface area contributed by atoms with Gasteiger partial charge in [-0.15, -0.1) is 0 Å². The smallest absolute Gasteiger partial charge is 0.0148 e. The van der Waals surface area contributed by atoms with E-state index in [0.29, 0.717) is 0 Å². The number of benzene rings is 3. The van der Waals surface area contributed by atoms with Crippen LogP contribution >= 0.6 is 0 Å². The lowest BCUT2D eigenvalue weighted by molar-refractivity contribution is 1.45. The monoisotopic (exact) mass is 232 g/mol. The lowest BCUT2D eigenvalue weighted by atomic mass is 9.95. The highest BCUT2D eigenvalue weighted by Crippen LogP contribution is 2.29. The van der Waals surface area contributed by atoms with Gasteiger partial charge in [0.25, 0.3) is 0 Å². The largest absolute Gasteiger partial charge is 0.0616 e. The third kappa shape index (κ3) is 1.80. The van der Waals surface area contributed by atoms with Crippen LogP contribution in [0.1, 0.15) is 11.1 Å². The van der Waals surface area contributed by atoms with Crippen molar-refractivity contribution >= 4 is 10.8 Å². The first-order chi connectivity index (χ1) is 8.75. The fourth-order valence-electron chi connectivity index (χ4n) is 2.47. The van der Waals surface area contributed by atoms with Gasteiger partial charge < -0.3 is 0 Å². The van der Waals surface area contributed by atoms with E-state index in [4.69, 9.17) is 0 Å². The van der Waals surface area contributed by atoms with E-state index in [1.807, 2.05) is 0 Å². The molecule has 3 aromatic rings. The number of fused-ring (bicyclic) bond motifs is 1. The van der Waals surface area contributed by atoms with Crippen LogP contribution < -0.4 is 0 Å². The van der Waals surface area contributed by atoms with Crippen LogP contribution in [0.25, 0.3) is 21.9 Å². The van der Waals surface area contributed by atoms with Gasteiger partial charge in [-0.2, -0.15) is 0 Å². The van der Waals surface area contributed by atoms with Gasteiger partial charge in [-0.1, -0.05) is 66.2 Å². The van der Waals surface area contributed by atoms with Crippen LogP contribution in [-0.2, 0) is 0 Å². The van der Waals surface area contributed by atoms with Crippen molar-refractivity contribution < 1.29 is 0 Å². The average Bonchev–Trinajstić information content (AvgIpc) is 2.41.